The van der Waals surface area contributed by atoms with E-state index in [1.165, 1.54) is 0 Å². The summed E-state index contributed by atoms with van der Waals surface area (Å²) in [5, 5.41) is 12.9. The zero-order chi connectivity index (χ0) is 16.5. The molecule has 0 N–H and O–H groups in total. The van der Waals surface area contributed by atoms with Crippen LogP contribution in [0.3, 0.4) is 0 Å². The molecule has 2 aromatic heterocycles. The number of ether oxygens (including phenoxy) is 2. The minimum absolute atomic E-state index is 0.136. The first-order valence-corrected chi connectivity index (χ1v) is 8.43. The van der Waals surface area contributed by atoms with Crippen LogP contribution in [0.15, 0.2) is 12.1 Å². The summed E-state index contributed by atoms with van der Waals surface area (Å²) < 4.78 is 12.4. The Bertz CT molecular complexity index is 732. The molecule has 4 heterocycles. The van der Waals surface area contributed by atoms with Gasteiger partial charge in [-0.2, -0.15) is 4.52 Å². The van der Waals surface area contributed by atoms with Gasteiger partial charge in [-0.3, -0.25) is 4.79 Å². The van der Waals surface area contributed by atoms with Gasteiger partial charge in [0.15, 0.2) is 11.5 Å². The van der Waals surface area contributed by atoms with E-state index in [9.17, 15) is 4.79 Å². The highest BCUT2D eigenvalue weighted by atomic mass is 16.5. The Balaban J connectivity index is 1.46. The SMILES string of the molecule is COc1ccc2nnc(C3CCN(C(=O)C4CCCO4)CC3)n2n1. The number of fused-ring (bicyclic) bond motifs is 1. The van der Waals surface area contributed by atoms with Gasteiger partial charge in [0, 0.05) is 31.7 Å². The van der Waals surface area contributed by atoms with Crippen molar-refractivity contribution in [1.29, 1.82) is 0 Å². The maximum absolute atomic E-state index is 12.4. The third-order valence-electron chi connectivity index (χ3n) is 4.85. The van der Waals surface area contributed by atoms with E-state index in [2.05, 4.69) is 15.3 Å². The Morgan fingerprint density at radius 1 is 1.25 bits per heavy atom. The van der Waals surface area contributed by atoms with Crippen molar-refractivity contribution in [3.8, 4) is 5.88 Å². The zero-order valence-electron chi connectivity index (χ0n) is 13.7. The number of nitrogens with zero attached hydrogens (tertiary/aromatic N) is 5. The van der Waals surface area contributed by atoms with Crippen LogP contribution in [0.2, 0.25) is 0 Å². The van der Waals surface area contributed by atoms with E-state index in [0.29, 0.717) is 18.1 Å². The molecule has 8 heteroatoms. The van der Waals surface area contributed by atoms with E-state index in [1.54, 1.807) is 17.7 Å². The summed E-state index contributed by atoms with van der Waals surface area (Å²) in [6, 6.07) is 3.62. The van der Waals surface area contributed by atoms with Crippen LogP contribution in [0.25, 0.3) is 5.65 Å². The Morgan fingerprint density at radius 3 is 2.79 bits per heavy atom. The lowest BCUT2D eigenvalue weighted by Crippen LogP contribution is -2.43. The first kappa shape index (κ1) is 15.3. The first-order chi connectivity index (χ1) is 11.8. The van der Waals surface area contributed by atoms with E-state index in [-0.39, 0.29) is 17.9 Å². The van der Waals surface area contributed by atoms with Crippen LogP contribution in [0, 0.1) is 0 Å². The Morgan fingerprint density at radius 2 is 2.08 bits per heavy atom. The molecule has 24 heavy (non-hydrogen) atoms. The van der Waals surface area contributed by atoms with E-state index < -0.39 is 0 Å². The van der Waals surface area contributed by atoms with E-state index in [4.69, 9.17) is 9.47 Å². The van der Waals surface area contributed by atoms with E-state index >= 15 is 0 Å². The van der Waals surface area contributed by atoms with Crippen molar-refractivity contribution in [2.75, 3.05) is 26.8 Å². The van der Waals surface area contributed by atoms with Gasteiger partial charge in [-0.1, -0.05) is 0 Å². The lowest BCUT2D eigenvalue weighted by molar-refractivity contribution is -0.142. The second-order valence-electron chi connectivity index (χ2n) is 6.31. The number of hydrogen-bond acceptors (Lipinski definition) is 6. The number of piperidine rings is 1. The lowest BCUT2D eigenvalue weighted by Gasteiger charge is -2.32. The first-order valence-electron chi connectivity index (χ1n) is 8.43. The highest BCUT2D eigenvalue weighted by Gasteiger charge is 2.32. The van der Waals surface area contributed by atoms with Crippen molar-refractivity contribution in [1.82, 2.24) is 24.7 Å². The quantitative estimate of drug-likeness (QED) is 0.835. The second kappa shape index (κ2) is 6.35. The molecular formula is C16H21N5O3. The number of carbonyl (C=O) groups is 1. The van der Waals surface area contributed by atoms with Crippen molar-refractivity contribution in [3.05, 3.63) is 18.0 Å². The van der Waals surface area contributed by atoms with Gasteiger partial charge in [-0.05, 0) is 31.7 Å². The smallest absolute Gasteiger partial charge is 0.251 e. The molecule has 2 aliphatic heterocycles. The number of likely N-dealkylation sites (tertiary alicyclic amines) is 1. The van der Waals surface area contributed by atoms with Crippen molar-refractivity contribution >= 4 is 11.6 Å². The van der Waals surface area contributed by atoms with Gasteiger partial charge in [-0.15, -0.1) is 15.3 Å². The van der Waals surface area contributed by atoms with E-state index in [1.807, 2.05) is 11.0 Å². The molecule has 0 spiro atoms. The molecular weight excluding hydrogens is 310 g/mol. The highest BCUT2D eigenvalue weighted by molar-refractivity contribution is 5.81. The fourth-order valence-corrected chi connectivity index (χ4v) is 3.49. The van der Waals surface area contributed by atoms with Crippen LogP contribution >= 0.6 is 0 Å². The molecule has 1 unspecified atom stereocenters. The number of aromatic nitrogens is 4. The minimum Gasteiger partial charge on any atom is -0.480 e. The maximum Gasteiger partial charge on any atom is 0.251 e. The molecule has 2 fully saturated rings. The summed E-state index contributed by atoms with van der Waals surface area (Å²) in [5.74, 6) is 1.76. The average Bonchev–Trinajstić information content (AvgIpc) is 3.30. The molecule has 4 rings (SSSR count). The normalized spacial score (nSPS) is 22.2. The number of carbonyl (C=O) groups excluding carboxylic acids is 1. The standard InChI is InChI=1S/C16H21N5O3/c1-23-14-5-4-13-17-18-15(21(13)19-14)11-6-8-20(9-7-11)16(22)12-3-2-10-24-12/h4-5,11-12H,2-3,6-10H2,1H3. The Hall–Kier alpha value is -2.22. The summed E-state index contributed by atoms with van der Waals surface area (Å²) in [7, 11) is 1.59. The largest absolute Gasteiger partial charge is 0.480 e. The topological polar surface area (TPSA) is 81.9 Å². The molecule has 2 saturated heterocycles. The number of amides is 1. The molecule has 0 aromatic carbocycles. The number of hydrogen-bond donors (Lipinski definition) is 0. The van der Waals surface area contributed by atoms with Crippen LogP contribution in [0.1, 0.15) is 37.4 Å². The average molecular weight is 331 g/mol. The summed E-state index contributed by atoms with van der Waals surface area (Å²) in [6.07, 6.45) is 3.31. The molecule has 0 bridgehead atoms. The summed E-state index contributed by atoms with van der Waals surface area (Å²) in [4.78, 5) is 14.3. The van der Waals surface area contributed by atoms with Crippen molar-refractivity contribution in [2.45, 2.75) is 37.7 Å². The van der Waals surface area contributed by atoms with Gasteiger partial charge in [-0.25, -0.2) is 0 Å². The van der Waals surface area contributed by atoms with Gasteiger partial charge in [0.25, 0.3) is 5.91 Å². The van der Waals surface area contributed by atoms with E-state index in [0.717, 1.165) is 44.6 Å². The van der Waals surface area contributed by atoms with Crippen molar-refractivity contribution in [2.24, 2.45) is 0 Å². The Labute approximate surface area is 139 Å². The molecule has 2 aromatic rings. The molecule has 2 aliphatic rings. The molecule has 0 aliphatic carbocycles. The van der Waals surface area contributed by atoms with Crippen LogP contribution < -0.4 is 4.74 Å². The van der Waals surface area contributed by atoms with Gasteiger partial charge >= 0.3 is 0 Å². The summed E-state index contributed by atoms with van der Waals surface area (Å²) >= 11 is 0. The second-order valence-corrected chi connectivity index (χ2v) is 6.31. The van der Waals surface area contributed by atoms with Gasteiger partial charge < -0.3 is 14.4 Å². The third kappa shape index (κ3) is 2.71. The van der Waals surface area contributed by atoms with Crippen LogP contribution in [0.4, 0.5) is 0 Å². The predicted octanol–water partition coefficient (Wildman–Crippen LogP) is 1.02. The van der Waals surface area contributed by atoms with Gasteiger partial charge in [0.2, 0.25) is 5.88 Å². The highest BCUT2D eigenvalue weighted by Crippen LogP contribution is 2.28. The van der Waals surface area contributed by atoms with Crippen LogP contribution in [0.5, 0.6) is 5.88 Å². The minimum atomic E-state index is -0.235. The molecule has 1 atom stereocenters. The lowest BCUT2D eigenvalue weighted by atomic mass is 9.95. The molecule has 128 valence electrons. The number of methoxy groups -OCH3 is 1. The Kier molecular flexibility index (Phi) is 4.05. The zero-order valence-corrected chi connectivity index (χ0v) is 13.7. The predicted molar refractivity (Wildman–Crippen MR) is 84.9 cm³/mol. The van der Waals surface area contributed by atoms with Crippen LogP contribution in [-0.2, 0) is 9.53 Å². The molecule has 0 radical (unpaired) electrons. The fraction of sp³-hybridized carbons (Fsp3) is 0.625. The van der Waals surface area contributed by atoms with Crippen molar-refractivity contribution in [3.63, 3.8) is 0 Å². The fourth-order valence-electron chi connectivity index (χ4n) is 3.49. The van der Waals surface area contributed by atoms with Gasteiger partial charge in [0.1, 0.15) is 6.10 Å². The third-order valence-corrected chi connectivity index (χ3v) is 4.85. The van der Waals surface area contributed by atoms with Crippen LogP contribution in [-0.4, -0.2) is 63.5 Å². The summed E-state index contributed by atoms with van der Waals surface area (Å²) in [6.45, 7) is 2.15. The van der Waals surface area contributed by atoms with Gasteiger partial charge in [0.05, 0.1) is 7.11 Å². The number of rotatable bonds is 3. The molecule has 1 amide bonds. The molecule has 8 nitrogen and oxygen atoms in total. The monoisotopic (exact) mass is 331 g/mol. The summed E-state index contributed by atoms with van der Waals surface area (Å²) in [5.41, 5.74) is 0.712. The van der Waals surface area contributed by atoms with Crippen molar-refractivity contribution < 1.29 is 14.3 Å². The molecule has 0 saturated carbocycles. The maximum atomic E-state index is 12.4.